The van der Waals surface area contributed by atoms with Crippen LogP contribution in [0.2, 0.25) is 0 Å². The fraction of sp³-hybridized carbons (Fsp3) is 0. The van der Waals surface area contributed by atoms with Gasteiger partial charge in [0.25, 0.3) is 5.56 Å². The van der Waals surface area contributed by atoms with Crippen molar-refractivity contribution in [1.29, 1.82) is 0 Å². The highest BCUT2D eigenvalue weighted by atomic mass is 32.1. The number of anilines is 2. The minimum Gasteiger partial charge on any atom is -0.347 e. The van der Waals surface area contributed by atoms with E-state index in [1.54, 1.807) is 0 Å². The first-order valence-corrected chi connectivity index (χ1v) is 8.88. The molecule has 0 aliphatic carbocycles. The summed E-state index contributed by atoms with van der Waals surface area (Å²) in [6, 6.07) is 17.7. The van der Waals surface area contributed by atoms with Crippen LogP contribution in [0.25, 0.3) is 32.6 Å². The summed E-state index contributed by atoms with van der Waals surface area (Å²) < 4.78 is 0.571. The molecule has 6 nitrogen and oxygen atoms in total. The van der Waals surface area contributed by atoms with E-state index in [1.165, 1.54) is 17.7 Å². The molecular weight excluding hydrogens is 346 g/mol. The quantitative estimate of drug-likeness (QED) is 0.449. The number of nitrogens with zero attached hydrogens (tertiary/aromatic N) is 2. The van der Waals surface area contributed by atoms with E-state index in [4.69, 9.17) is 4.98 Å². The van der Waals surface area contributed by atoms with Gasteiger partial charge in [-0.15, -0.1) is 11.3 Å². The third-order valence-electron chi connectivity index (χ3n) is 4.14. The number of nitrogens with one attached hydrogen (secondary N) is 3. The Kier molecular flexibility index (Phi) is 3.32. The summed E-state index contributed by atoms with van der Waals surface area (Å²) in [5, 5.41) is 4.23. The molecule has 0 spiro atoms. The third-order valence-corrected chi connectivity index (χ3v) is 5.23. The largest absolute Gasteiger partial charge is 0.347 e. The van der Waals surface area contributed by atoms with Gasteiger partial charge in [0.1, 0.15) is 21.0 Å². The molecule has 2 aromatic carbocycles. The predicted octanol–water partition coefficient (Wildman–Crippen LogP) is 4.27. The average molecular weight is 359 g/mol. The second-order valence-electron chi connectivity index (χ2n) is 5.81. The van der Waals surface area contributed by atoms with Gasteiger partial charge in [-0.25, -0.2) is 9.97 Å². The standard InChI is InChI=1S/C19H13N5OS/c25-18-16-15(20-10-21-18)14(17-23-12-8-4-5-9-13(12)24-17)19(26-16)22-11-6-2-1-3-7-11/h1-10,22H,(H,23,24)(H,20,21,25). The molecular formula is C19H13N5OS. The van der Waals surface area contributed by atoms with Crippen molar-refractivity contribution in [3.05, 3.63) is 71.3 Å². The molecule has 0 saturated heterocycles. The van der Waals surface area contributed by atoms with Crippen LogP contribution >= 0.6 is 11.3 Å². The highest BCUT2D eigenvalue weighted by molar-refractivity contribution is 7.23. The van der Waals surface area contributed by atoms with Gasteiger partial charge in [-0.1, -0.05) is 30.3 Å². The molecule has 26 heavy (non-hydrogen) atoms. The lowest BCUT2D eigenvalue weighted by Gasteiger charge is -2.05. The summed E-state index contributed by atoms with van der Waals surface area (Å²) in [7, 11) is 0. The van der Waals surface area contributed by atoms with Crippen LogP contribution in [0.5, 0.6) is 0 Å². The van der Waals surface area contributed by atoms with Crippen LogP contribution < -0.4 is 10.9 Å². The van der Waals surface area contributed by atoms with Crippen molar-refractivity contribution in [3.8, 4) is 11.4 Å². The maximum atomic E-state index is 12.3. The fourth-order valence-corrected chi connectivity index (χ4v) is 4.02. The van der Waals surface area contributed by atoms with Gasteiger partial charge in [-0.05, 0) is 24.3 Å². The second kappa shape index (κ2) is 5.82. The van der Waals surface area contributed by atoms with Crippen molar-refractivity contribution < 1.29 is 0 Å². The summed E-state index contributed by atoms with van der Waals surface area (Å²) >= 11 is 1.37. The number of hydrogen-bond acceptors (Lipinski definition) is 5. The van der Waals surface area contributed by atoms with Gasteiger partial charge >= 0.3 is 0 Å². The van der Waals surface area contributed by atoms with Crippen LogP contribution in [0.3, 0.4) is 0 Å². The topological polar surface area (TPSA) is 86.5 Å². The molecule has 3 aromatic heterocycles. The molecule has 0 radical (unpaired) electrons. The van der Waals surface area contributed by atoms with E-state index in [0.29, 0.717) is 16.0 Å². The molecule has 0 atom stereocenters. The predicted molar refractivity (Wildman–Crippen MR) is 105 cm³/mol. The van der Waals surface area contributed by atoms with Gasteiger partial charge in [0, 0.05) is 5.69 Å². The molecule has 0 unspecified atom stereocenters. The number of hydrogen-bond donors (Lipinski definition) is 3. The minimum absolute atomic E-state index is 0.154. The number of fused-ring (bicyclic) bond motifs is 2. The minimum atomic E-state index is -0.154. The molecule has 0 aliphatic rings. The van der Waals surface area contributed by atoms with E-state index in [9.17, 15) is 4.79 Å². The lowest BCUT2D eigenvalue weighted by Crippen LogP contribution is -2.03. The first-order valence-electron chi connectivity index (χ1n) is 8.07. The molecule has 0 amide bonds. The van der Waals surface area contributed by atoms with Crippen molar-refractivity contribution in [1.82, 2.24) is 19.9 Å². The van der Waals surface area contributed by atoms with Crippen molar-refractivity contribution in [2.75, 3.05) is 5.32 Å². The first-order chi connectivity index (χ1) is 12.8. The Morgan fingerprint density at radius 1 is 1.00 bits per heavy atom. The number of H-pyrrole nitrogens is 2. The zero-order valence-electron chi connectivity index (χ0n) is 13.5. The van der Waals surface area contributed by atoms with Crippen LogP contribution in [0, 0.1) is 0 Å². The lowest BCUT2D eigenvalue weighted by atomic mass is 10.2. The van der Waals surface area contributed by atoms with Crippen molar-refractivity contribution in [3.63, 3.8) is 0 Å². The van der Waals surface area contributed by atoms with Crippen LogP contribution in [0.15, 0.2) is 65.7 Å². The molecule has 5 rings (SSSR count). The molecule has 0 aliphatic heterocycles. The molecule has 5 aromatic rings. The number of imidazole rings is 1. The molecule has 0 bridgehead atoms. The lowest BCUT2D eigenvalue weighted by molar-refractivity contribution is 1.18. The summed E-state index contributed by atoms with van der Waals surface area (Å²) in [5.74, 6) is 0.689. The van der Waals surface area contributed by atoms with Gasteiger partial charge in [-0.3, -0.25) is 4.79 Å². The van der Waals surface area contributed by atoms with Crippen LogP contribution in [-0.4, -0.2) is 19.9 Å². The Morgan fingerprint density at radius 3 is 2.65 bits per heavy atom. The Hall–Kier alpha value is -3.45. The maximum Gasteiger partial charge on any atom is 0.268 e. The van der Waals surface area contributed by atoms with Gasteiger partial charge < -0.3 is 15.3 Å². The Labute approximate surface area is 151 Å². The summed E-state index contributed by atoms with van der Waals surface area (Å²) in [6.07, 6.45) is 1.43. The fourth-order valence-electron chi connectivity index (χ4n) is 2.95. The van der Waals surface area contributed by atoms with Crippen molar-refractivity contribution in [2.45, 2.75) is 0 Å². The zero-order chi connectivity index (χ0) is 17.5. The van der Waals surface area contributed by atoms with Gasteiger partial charge in [0.2, 0.25) is 0 Å². The summed E-state index contributed by atoms with van der Waals surface area (Å²) in [4.78, 5) is 27.3. The first kappa shape index (κ1) is 14.9. The maximum absolute atomic E-state index is 12.3. The van der Waals surface area contributed by atoms with Crippen molar-refractivity contribution >= 4 is 43.3 Å². The zero-order valence-corrected chi connectivity index (χ0v) is 14.3. The highest BCUT2D eigenvalue weighted by Gasteiger charge is 2.20. The summed E-state index contributed by atoms with van der Waals surface area (Å²) in [5.41, 5.74) is 4.04. The van der Waals surface area contributed by atoms with Crippen LogP contribution in [0.1, 0.15) is 0 Å². The Balaban J connectivity index is 1.77. The third kappa shape index (κ3) is 2.37. The average Bonchev–Trinajstić information content (AvgIpc) is 3.24. The van der Waals surface area contributed by atoms with E-state index in [-0.39, 0.29) is 5.56 Å². The molecule has 0 saturated carbocycles. The van der Waals surface area contributed by atoms with Crippen LogP contribution in [-0.2, 0) is 0 Å². The monoisotopic (exact) mass is 359 g/mol. The van der Waals surface area contributed by atoms with E-state index >= 15 is 0 Å². The van der Waals surface area contributed by atoms with Gasteiger partial charge in [-0.2, -0.15) is 0 Å². The Bertz CT molecular complexity index is 1250. The summed E-state index contributed by atoms with van der Waals surface area (Å²) in [6.45, 7) is 0. The number of thiophene rings is 1. The van der Waals surface area contributed by atoms with Crippen molar-refractivity contribution in [2.24, 2.45) is 0 Å². The number of benzene rings is 2. The van der Waals surface area contributed by atoms with E-state index in [2.05, 4.69) is 20.3 Å². The number of rotatable bonds is 3. The van der Waals surface area contributed by atoms with Crippen LogP contribution in [0.4, 0.5) is 10.7 Å². The van der Waals surface area contributed by atoms with E-state index in [0.717, 1.165) is 27.3 Å². The smallest absolute Gasteiger partial charge is 0.268 e. The SMILES string of the molecule is O=c1[nH]cnc2c(-c3nc4ccccc4[nH]3)c(Nc3ccccc3)sc12. The normalized spacial score (nSPS) is 11.2. The highest BCUT2D eigenvalue weighted by Crippen LogP contribution is 2.41. The molecule has 126 valence electrons. The molecule has 0 fully saturated rings. The number of aromatic amines is 2. The number of para-hydroxylation sites is 3. The molecule has 3 heterocycles. The van der Waals surface area contributed by atoms with Gasteiger partial charge in [0.15, 0.2) is 0 Å². The molecule has 3 N–H and O–H groups in total. The van der Waals surface area contributed by atoms with E-state index in [1.807, 2.05) is 54.6 Å². The second-order valence-corrected chi connectivity index (χ2v) is 6.83. The van der Waals surface area contributed by atoms with E-state index < -0.39 is 0 Å². The molecule has 7 heteroatoms. The van der Waals surface area contributed by atoms with Gasteiger partial charge in [0.05, 0.1) is 22.9 Å². The number of aromatic nitrogens is 4. The Morgan fingerprint density at radius 2 is 1.81 bits per heavy atom.